The van der Waals surface area contributed by atoms with Crippen LogP contribution in [0.3, 0.4) is 0 Å². The number of hydrogen-bond acceptors (Lipinski definition) is 3. The van der Waals surface area contributed by atoms with Crippen molar-refractivity contribution in [3.8, 4) is 0 Å². The molecule has 0 aromatic rings. The van der Waals surface area contributed by atoms with Gasteiger partial charge < -0.3 is 9.46 Å². The third-order valence-electron chi connectivity index (χ3n) is 1.87. The molecule has 3 nitrogen and oxygen atoms in total. The van der Waals surface area contributed by atoms with Gasteiger partial charge in [0, 0.05) is 14.4 Å². The van der Waals surface area contributed by atoms with E-state index in [1.807, 2.05) is 6.92 Å². The molecule has 0 heterocycles. The number of carbonyl (C=O) groups excluding carboxylic acids is 1. The zero-order chi connectivity index (χ0) is 9.56. The Labute approximate surface area is 102 Å². The van der Waals surface area contributed by atoms with Crippen LogP contribution in [0.1, 0.15) is 39.5 Å². The van der Waals surface area contributed by atoms with Crippen LogP contribution in [0.2, 0.25) is 0 Å². The topological polar surface area (TPSA) is 57.2 Å². The summed E-state index contributed by atoms with van der Waals surface area (Å²) in [7, 11) is -2.91. The first-order chi connectivity index (χ1) is 5.63. The first-order valence-corrected chi connectivity index (χ1v) is 5.76. The van der Waals surface area contributed by atoms with E-state index in [1.54, 1.807) is 6.92 Å². The van der Waals surface area contributed by atoms with Crippen LogP contribution in [0.5, 0.6) is 0 Å². The predicted octanol–water partition coefficient (Wildman–Crippen LogP) is -1.64. The van der Waals surface area contributed by atoms with Crippen molar-refractivity contribution in [1.29, 1.82) is 0 Å². The van der Waals surface area contributed by atoms with E-state index in [0.717, 1.165) is 12.8 Å². The Morgan fingerprint density at radius 2 is 2.00 bits per heavy atom. The molecule has 0 bridgehead atoms. The van der Waals surface area contributed by atoms with Gasteiger partial charge in [0.15, 0.2) is 0 Å². The summed E-state index contributed by atoms with van der Waals surface area (Å²) >= 11 is 0. The van der Waals surface area contributed by atoms with E-state index in [1.165, 1.54) is 0 Å². The van der Waals surface area contributed by atoms with E-state index in [-0.39, 0.29) is 35.3 Å². The minimum Gasteiger partial charge on any atom is -0.801 e. The van der Waals surface area contributed by atoms with Gasteiger partial charge in [-0.1, -0.05) is 26.7 Å². The zero-order valence-corrected chi connectivity index (χ0v) is 11.6. The van der Waals surface area contributed by atoms with Crippen molar-refractivity contribution >= 4 is 13.8 Å². The van der Waals surface area contributed by atoms with Gasteiger partial charge in [0.25, 0.3) is 0 Å². The average molecular weight is 214 g/mol. The van der Waals surface area contributed by atoms with Crippen molar-refractivity contribution in [2.45, 2.75) is 45.2 Å². The first kappa shape index (κ1) is 16.3. The van der Waals surface area contributed by atoms with Crippen LogP contribution in [-0.4, -0.2) is 11.4 Å². The molecule has 0 aliphatic carbocycles. The van der Waals surface area contributed by atoms with Crippen molar-refractivity contribution in [3.05, 3.63) is 0 Å². The van der Waals surface area contributed by atoms with Gasteiger partial charge in [-0.25, -0.2) is 0 Å². The summed E-state index contributed by atoms with van der Waals surface area (Å²) in [6.45, 7) is 3.68. The summed E-state index contributed by atoms with van der Waals surface area (Å²) in [6, 6.07) is 0. The van der Waals surface area contributed by atoms with Crippen LogP contribution in [-0.2, 0) is 9.36 Å². The molecule has 0 saturated carbocycles. The molecule has 5 heteroatoms. The smallest absolute Gasteiger partial charge is 0.801 e. The van der Waals surface area contributed by atoms with Gasteiger partial charge in [0.1, 0.15) is 5.78 Å². The number of Topliss-reactive ketones (excluding diaryl/α,β-unsaturated/α-hetero) is 1. The molecule has 0 spiro atoms. The fraction of sp³-hybridized carbons (Fsp3) is 0.875. The molecule has 0 aromatic heterocycles. The third-order valence-corrected chi connectivity index (χ3v) is 3.05. The maximum Gasteiger partial charge on any atom is 1.00 e. The molecule has 0 N–H and O–H groups in total. The van der Waals surface area contributed by atoms with Crippen molar-refractivity contribution in [3.63, 3.8) is 0 Å². The number of carbonyl (C=O) groups is 1. The fourth-order valence-corrected chi connectivity index (χ4v) is 1.97. The van der Waals surface area contributed by atoms with Gasteiger partial charge in [-0.3, -0.25) is 4.79 Å². The van der Waals surface area contributed by atoms with Crippen LogP contribution in [0.4, 0.5) is 0 Å². The Bertz CT molecular complexity index is 173. The Balaban J connectivity index is 0. The van der Waals surface area contributed by atoms with Gasteiger partial charge in [-0.2, -0.15) is 0 Å². The van der Waals surface area contributed by atoms with Gasteiger partial charge in [0.05, 0.1) is 5.66 Å². The van der Waals surface area contributed by atoms with Crippen LogP contribution < -0.4 is 34.5 Å². The molecular weight excluding hydrogens is 198 g/mol. The molecule has 2 atom stereocenters. The van der Waals surface area contributed by atoms with Gasteiger partial charge >= 0.3 is 29.6 Å². The molecule has 2 unspecified atom stereocenters. The second kappa shape index (κ2) is 9.42. The number of ketones is 1. The SMILES string of the molecule is CCCCC(C(=O)CC)[PH](=O)[O-].[Na+]. The minimum absolute atomic E-state index is 0. The van der Waals surface area contributed by atoms with Crippen molar-refractivity contribution < 1.29 is 43.8 Å². The normalized spacial score (nSPS) is 14.4. The molecule has 0 aliphatic heterocycles. The van der Waals surface area contributed by atoms with E-state index in [9.17, 15) is 14.3 Å². The second-order valence-corrected chi connectivity index (χ2v) is 4.17. The largest absolute Gasteiger partial charge is 1.00 e. The Morgan fingerprint density at radius 3 is 2.31 bits per heavy atom. The number of unbranched alkanes of at least 4 members (excludes halogenated alkanes) is 1. The summed E-state index contributed by atoms with van der Waals surface area (Å²) in [5, 5.41) is 0. The van der Waals surface area contributed by atoms with Crippen LogP contribution in [0, 0.1) is 0 Å². The predicted molar refractivity (Wildman–Crippen MR) is 47.6 cm³/mol. The summed E-state index contributed by atoms with van der Waals surface area (Å²) < 4.78 is 10.7. The molecule has 0 saturated heterocycles. The van der Waals surface area contributed by atoms with Crippen molar-refractivity contribution in [1.82, 2.24) is 0 Å². The maximum atomic E-state index is 11.1. The molecule has 0 radical (unpaired) electrons. The Kier molecular flexibility index (Phi) is 11.8. The summed E-state index contributed by atoms with van der Waals surface area (Å²) in [5.74, 6) is -0.137. The molecule has 0 aromatic carbocycles. The third kappa shape index (κ3) is 6.87. The van der Waals surface area contributed by atoms with Crippen LogP contribution in [0.25, 0.3) is 0 Å². The van der Waals surface area contributed by atoms with E-state index in [2.05, 4.69) is 0 Å². The number of hydrogen-bond donors (Lipinski definition) is 0. The van der Waals surface area contributed by atoms with E-state index < -0.39 is 13.7 Å². The minimum atomic E-state index is -2.91. The Hall–Kier alpha value is 0.860. The molecule has 0 amide bonds. The van der Waals surface area contributed by atoms with Gasteiger partial charge in [0.2, 0.25) is 0 Å². The molecule has 13 heavy (non-hydrogen) atoms. The van der Waals surface area contributed by atoms with E-state index >= 15 is 0 Å². The number of rotatable bonds is 6. The van der Waals surface area contributed by atoms with Gasteiger partial charge in [-0.15, -0.1) is 0 Å². The molecule has 0 aliphatic rings. The molecular formula is C8H16NaO3P. The van der Waals surface area contributed by atoms with E-state index in [4.69, 9.17) is 0 Å². The molecule has 0 rings (SSSR count). The first-order valence-electron chi connectivity index (χ1n) is 4.37. The van der Waals surface area contributed by atoms with Crippen LogP contribution in [0.15, 0.2) is 0 Å². The monoisotopic (exact) mass is 214 g/mol. The fourth-order valence-electron chi connectivity index (χ4n) is 1.06. The summed E-state index contributed by atoms with van der Waals surface area (Å²) in [6.07, 6.45) is 2.58. The summed E-state index contributed by atoms with van der Waals surface area (Å²) in [5.41, 5.74) is -0.694. The Morgan fingerprint density at radius 1 is 1.46 bits per heavy atom. The van der Waals surface area contributed by atoms with Gasteiger partial charge in [-0.05, 0) is 6.42 Å². The quantitative estimate of drug-likeness (QED) is 0.394. The molecule has 0 fully saturated rings. The average Bonchev–Trinajstić information content (AvgIpc) is 2.04. The van der Waals surface area contributed by atoms with Crippen molar-refractivity contribution in [2.75, 3.05) is 0 Å². The zero-order valence-electron chi connectivity index (χ0n) is 8.63. The standard InChI is InChI=1S/C8H17O3P.Na/c1-3-5-6-8(12(10)11)7(9)4-2;/h8,12H,3-6H2,1-2H3,(H,10,11);/q;+1/p-1. The second-order valence-electron chi connectivity index (χ2n) is 2.83. The van der Waals surface area contributed by atoms with E-state index in [0.29, 0.717) is 12.8 Å². The van der Waals surface area contributed by atoms with Crippen molar-refractivity contribution in [2.24, 2.45) is 0 Å². The summed E-state index contributed by atoms with van der Waals surface area (Å²) in [4.78, 5) is 21.7. The van der Waals surface area contributed by atoms with Crippen LogP contribution >= 0.6 is 8.03 Å². The molecule has 72 valence electrons. The maximum absolute atomic E-state index is 11.1.